The number of carbonyl (C=O) groups excluding carboxylic acids is 2. The molecule has 5 nitrogen and oxygen atoms in total. The van der Waals surface area contributed by atoms with E-state index in [2.05, 4.69) is 50.4 Å². The van der Waals surface area contributed by atoms with Crippen LogP contribution in [0.2, 0.25) is 5.04 Å². The highest BCUT2D eigenvalue weighted by atomic mass is 28.4. The van der Waals surface area contributed by atoms with Crippen LogP contribution >= 0.6 is 0 Å². The third kappa shape index (κ3) is 3.55. The Morgan fingerprint density at radius 2 is 1.53 bits per heavy atom. The van der Waals surface area contributed by atoms with Gasteiger partial charge in [0.2, 0.25) is 11.7 Å². The van der Waals surface area contributed by atoms with Crippen LogP contribution in [0, 0.1) is 0 Å². The van der Waals surface area contributed by atoms with Crippen molar-refractivity contribution < 1.29 is 18.8 Å². The summed E-state index contributed by atoms with van der Waals surface area (Å²) >= 11 is 0. The third-order valence-electron chi connectivity index (χ3n) is 5.74. The largest absolute Gasteiger partial charge is 0.398 e. The SMILES string of the molecule is CC(=O)NC1=C[C@@H](O[Si](c2ccccc2)(c2ccccc2)C(C)(C)C)[C@@H]2O[C@@H]2C1=O. The van der Waals surface area contributed by atoms with E-state index in [0.717, 1.165) is 10.4 Å². The highest BCUT2D eigenvalue weighted by Gasteiger charge is 2.59. The predicted octanol–water partition coefficient (Wildman–Crippen LogP) is 2.30. The fourth-order valence-electron chi connectivity index (χ4n) is 4.37. The molecule has 0 spiro atoms. The van der Waals surface area contributed by atoms with Gasteiger partial charge in [0.25, 0.3) is 8.32 Å². The minimum absolute atomic E-state index is 0.183. The molecule has 30 heavy (non-hydrogen) atoms. The number of ketones is 1. The van der Waals surface area contributed by atoms with Gasteiger partial charge in [-0.15, -0.1) is 0 Å². The van der Waals surface area contributed by atoms with Crippen molar-refractivity contribution in [3.8, 4) is 0 Å². The van der Waals surface area contributed by atoms with Crippen LogP contribution in [-0.4, -0.2) is 38.3 Å². The molecule has 2 aromatic rings. The Balaban J connectivity index is 1.84. The molecule has 4 rings (SSSR count). The van der Waals surface area contributed by atoms with Crippen LogP contribution in [0.4, 0.5) is 0 Å². The molecule has 6 heteroatoms. The quantitative estimate of drug-likeness (QED) is 0.594. The second-order valence-corrected chi connectivity index (χ2v) is 13.1. The first-order valence-corrected chi connectivity index (χ1v) is 12.1. The molecule has 1 fully saturated rings. The van der Waals surface area contributed by atoms with Crippen LogP contribution in [0.1, 0.15) is 27.7 Å². The van der Waals surface area contributed by atoms with Gasteiger partial charge in [-0.25, -0.2) is 0 Å². The number of benzene rings is 2. The average molecular weight is 422 g/mol. The van der Waals surface area contributed by atoms with E-state index in [1.807, 2.05) is 36.4 Å². The summed E-state index contributed by atoms with van der Waals surface area (Å²) in [6, 6.07) is 20.7. The smallest absolute Gasteiger partial charge is 0.262 e. The summed E-state index contributed by atoms with van der Waals surface area (Å²) < 4.78 is 12.8. The lowest BCUT2D eigenvalue weighted by atomic mass is 10.0. The van der Waals surface area contributed by atoms with Gasteiger partial charge in [-0.05, 0) is 21.5 Å². The molecule has 0 bridgehead atoms. The van der Waals surface area contributed by atoms with Crippen LogP contribution in [0.15, 0.2) is 72.4 Å². The fraction of sp³-hybridized carbons (Fsp3) is 0.333. The summed E-state index contributed by atoms with van der Waals surface area (Å²) in [4.78, 5) is 24.1. The second-order valence-electron chi connectivity index (χ2n) is 8.89. The normalized spacial score (nSPS) is 23.4. The molecule has 1 amide bonds. The first kappa shape index (κ1) is 20.7. The van der Waals surface area contributed by atoms with Crippen molar-refractivity contribution in [2.75, 3.05) is 0 Å². The highest BCUT2D eigenvalue weighted by Crippen LogP contribution is 2.42. The van der Waals surface area contributed by atoms with Gasteiger partial charge in [0.1, 0.15) is 6.10 Å². The second kappa shape index (κ2) is 7.61. The average Bonchev–Trinajstić information content (AvgIpc) is 3.51. The zero-order valence-corrected chi connectivity index (χ0v) is 18.7. The maximum absolute atomic E-state index is 12.5. The molecule has 1 aliphatic carbocycles. The van der Waals surface area contributed by atoms with E-state index >= 15 is 0 Å². The lowest BCUT2D eigenvalue weighted by Gasteiger charge is -2.45. The summed E-state index contributed by atoms with van der Waals surface area (Å²) in [5.74, 6) is -0.463. The molecule has 1 N–H and O–H groups in total. The number of ether oxygens (including phenoxy) is 1. The Labute approximate surface area is 178 Å². The summed E-state index contributed by atoms with van der Waals surface area (Å²) in [5.41, 5.74) is 0.268. The maximum Gasteiger partial charge on any atom is 0.262 e. The first-order chi connectivity index (χ1) is 14.2. The van der Waals surface area contributed by atoms with E-state index in [9.17, 15) is 9.59 Å². The molecule has 2 aromatic carbocycles. The molecular formula is C24H27NO4Si. The number of hydrogen-bond acceptors (Lipinski definition) is 4. The van der Waals surface area contributed by atoms with Gasteiger partial charge < -0.3 is 14.5 Å². The molecule has 3 atom stereocenters. The van der Waals surface area contributed by atoms with E-state index in [4.69, 9.17) is 9.16 Å². The van der Waals surface area contributed by atoms with Crippen LogP contribution < -0.4 is 15.7 Å². The van der Waals surface area contributed by atoms with Gasteiger partial charge in [-0.3, -0.25) is 9.59 Å². The number of carbonyl (C=O) groups is 2. The molecule has 0 aromatic heterocycles. The molecule has 0 saturated carbocycles. The molecular weight excluding hydrogens is 394 g/mol. The number of nitrogens with one attached hydrogen (secondary N) is 1. The first-order valence-electron chi connectivity index (χ1n) is 10.2. The van der Waals surface area contributed by atoms with Gasteiger partial charge in [-0.2, -0.15) is 0 Å². The van der Waals surface area contributed by atoms with Crippen molar-refractivity contribution >= 4 is 30.4 Å². The summed E-state index contributed by atoms with van der Waals surface area (Å²) in [5, 5.41) is 4.78. The Kier molecular flexibility index (Phi) is 5.26. The zero-order chi connectivity index (χ0) is 21.5. The van der Waals surface area contributed by atoms with E-state index in [1.54, 1.807) is 6.08 Å². The lowest BCUT2D eigenvalue weighted by Crippen LogP contribution is -2.68. The zero-order valence-electron chi connectivity index (χ0n) is 17.7. The van der Waals surface area contributed by atoms with Gasteiger partial charge in [0.05, 0.1) is 11.8 Å². The number of hydrogen-bond donors (Lipinski definition) is 1. The Bertz CT molecular complexity index is 942. The number of epoxide rings is 1. The molecule has 0 radical (unpaired) electrons. The van der Waals surface area contributed by atoms with Crippen LogP contribution in [0.5, 0.6) is 0 Å². The van der Waals surface area contributed by atoms with Gasteiger partial charge in [0.15, 0.2) is 6.10 Å². The van der Waals surface area contributed by atoms with Crippen LogP contribution in [0.3, 0.4) is 0 Å². The fourth-order valence-corrected chi connectivity index (χ4v) is 8.99. The van der Waals surface area contributed by atoms with Crippen molar-refractivity contribution in [1.82, 2.24) is 5.32 Å². The summed E-state index contributed by atoms with van der Waals surface area (Å²) in [6.07, 6.45) is 0.467. The number of rotatable bonds is 5. The van der Waals surface area contributed by atoms with Gasteiger partial charge in [-0.1, -0.05) is 81.4 Å². The van der Waals surface area contributed by atoms with Crippen molar-refractivity contribution in [3.05, 3.63) is 72.4 Å². The van der Waals surface area contributed by atoms with E-state index in [0.29, 0.717) is 0 Å². The Morgan fingerprint density at radius 1 is 1.00 bits per heavy atom. The highest BCUT2D eigenvalue weighted by molar-refractivity contribution is 6.99. The standard InChI is InChI=1S/C24H27NO4Si/c1-16(26)25-19-15-20(22-23(28-22)21(19)27)29-30(24(2,3)4,17-11-7-5-8-12-17)18-13-9-6-10-14-18/h5-15,20,22-23H,1-4H3,(H,25,26)/t20-,22+,23-/m1/s1. The molecule has 0 unspecified atom stereocenters. The molecule has 1 saturated heterocycles. The molecule has 2 aliphatic rings. The number of fused-ring (bicyclic) bond motifs is 1. The minimum atomic E-state index is -2.79. The molecule has 1 heterocycles. The van der Waals surface area contributed by atoms with E-state index in [-0.39, 0.29) is 28.5 Å². The topological polar surface area (TPSA) is 67.9 Å². The van der Waals surface area contributed by atoms with Crippen molar-refractivity contribution in [2.45, 2.75) is 51.0 Å². The van der Waals surface area contributed by atoms with Gasteiger partial charge in [0, 0.05) is 6.92 Å². The predicted molar refractivity (Wildman–Crippen MR) is 118 cm³/mol. The van der Waals surface area contributed by atoms with E-state index < -0.39 is 20.5 Å². The van der Waals surface area contributed by atoms with Crippen molar-refractivity contribution in [3.63, 3.8) is 0 Å². The monoisotopic (exact) mass is 421 g/mol. The van der Waals surface area contributed by atoms with Crippen LogP contribution in [-0.2, 0) is 18.8 Å². The van der Waals surface area contributed by atoms with Gasteiger partial charge >= 0.3 is 0 Å². The van der Waals surface area contributed by atoms with Crippen LogP contribution in [0.25, 0.3) is 0 Å². The molecule has 1 aliphatic heterocycles. The van der Waals surface area contributed by atoms with E-state index in [1.165, 1.54) is 6.92 Å². The number of amides is 1. The summed E-state index contributed by atoms with van der Waals surface area (Å²) in [7, 11) is -2.79. The molecule has 156 valence electrons. The maximum atomic E-state index is 12.5. The number of Topliss-reactive ketones (excluding diaryl/α,β-unsaturated/α-hetero) is 1. The third-order valence-corrected chi connectivity index (χ3v) is 10.8. The Morgan fingerprint density at radius 3 is 2.00 bits per heavy atom. The van der Waals surface area contributed by atoms with Crippen molar-refractivity contribution in [1.29, 1.82) is 0 Å². The minimum Gasteiger partial charge on any atom is -0.398 e. The van der Waals surface area contributed by atoms with Crippen molar-refractivity contribution in [2.24, 2.45) is 0 Å². The summed E-state index contributed by atoms with van der Waals surface area (Å²) in [6.45, 7) is 8.01. The lowest BCUT2D eigenvalue weighted by molar-refractivity contribution is -0.122. The Hall–Kier alpha value is -2.54.